The number of fused-ring (bicyclic) bond motifs is 1. The van der Waals surface area contributed by atoms with E-state index in [2.05, 4.69) is 15.4 Å². The molecule has 1 amide bonds. The van der Waals surface area contributed by atoms with E-state index in [0.717, 1.165) is 28.3 Å². The van der Waals surface area contributed by atoms with Gasteiger partial charge in [-0.3, -0.25) is 14.2 Å². The van der Waals surface area contributed by atoms with E-state index >= 15 is 0 Å². The van der Waals surface area contributed by atoms with Crippen molar-refractivity contribution in [1.82, 2.24) is 24.6 Å². The Bertz CT molecular complexity index is 1370. The van der Waals surface area contributed by atoms with Crippen LogP contribution in [-0.4, -0.2) is 31.8 Å². The fourth-order valence-electron chi connectivity index (χ4n) is 3.83. The van der Waals surface area contributed by atoms with Gasteiger partial charge in [-0.05, 0) is 50.6 Å². The van der Waals surface area contributed by atoms with Crippen LogP contribution < -0.4 is 15.6 Å². The summed E-state index contributed by atoms with van der Waals surface area (Å²) in [6.45, 7) is 6.86. The number of carbonyl (C=O) groups excluding carboxylic acids is 1. The van der Waals surface area contributed by atoms with E-state index in [1.807, 2.05) is 69.3 Å². The maximum absolute atomic E-state index is 13.0. The molecule has 176 valence electrons. The Labute approximate surface area is 198 Å². The van der Waals surface area contributed by atoms with Crippen LogP contribution in [-0.2, 0) is 24.8 Å². The van der Waals surface area contributed by atoms with E-state index < -0.39 is 0 Å². The van der Waals surface area contributed by atoms with Gasteiger partial charge in [-0.15, -0.1) is 0 Å². The second-order valence-electron chi connectivity index (χ2n) is 8.28. The standard InChI is InChI=1S/C26H29N5O3/c1-5-34-21-12-8-19(9-13-21)16-27-23(32)15-14-22-26(33)30(4)25-24(28-22)18(3)29-31(25)20-10-6-17(2)7-11-20/h6-13H,5,14-16H2,1-4H3,(H,27,32). The van der Waals surface area contributed by atoms with E-state index in [1.54, 1.807) is 16.3 Å². The molecule has 1 N–H and O–H groups in total. The van der Waals surface area contributed by atoms with Gasteiger partial charge >= 0.3 is 0 Å². The van der Waals surface area contributed by atoms with Gasteiger partial charge in [0.1, 0.15) is 17.0 Å². The minimum absolute atomic E-state index is 0.134. The smallest absolute Gasteiger partial charge is 0.273 e. The molecule has 2 aromatic carbocycles. The Hall–Kier alpha value is -3.94. The van der Waals surface area contributed by atoms with Crippen LogP contribution in [0.4, 0.5) is 0 Å². The van der Waals surface area contributed by atoms with Gasteiger partial charge in [0.15, 0.2) is 5.65 Å². The number of aromatic nitrogens is 4. The highest BCUT2D eigenvalue weighted by atomic mass is 16.5. The van der Waals surface area contributed by atoms with Crippen LogP contribution in [0.15, 0.2) is 53.3 Å². The van der Waals surface area contributed by atoms with Crippen LogP contribution in [0.3, 0.4) is 0 Å². The SMILES string of the molecule is CCOc1ccc(CNC(=O)CCc2nc3c(C)nn(-c4ccc(C)cc4)c3n(C)c2=O)cc1. The second-order valence-corrected chi connectivity index (χ2v) is 8.28. The van der Waals surface area contributed by atoms with Crippen molar-refractivity contribution in [2.75, 3.05) is 6.61 Å². The Balaban J connectivity index is 1.47. The number of amides is 1. The summed E-state index contributed by atoms with van der Waals surface area (Å²) in [5.74, 6) is 0.667. The molecule has 0 atom stereocenters. The first-order chi connectivity index (χ1) is 16.4. The number of hydrogen-bond acceptors (Lipinski definition) is 5. The molecule has 8 nitrogen and oxygen atoms in total. The number of rotatable bonds is 8. The molecule has 0 radical (unpaired) electrons. The van der Waals surface area contributed by atoms with E-state index in [9.17, 15) is 9.59 Å². The lowest BCUT2D eigenvalue weighted by atomic mass is 10.2. The predicted octanol–water partition coefficient (Wildman–Crippen LogP) is 3.38. The second kappa shape index (κ2) is 9.91. The normalized spacial score (nSPS) is 11.1. The summed E-state index contributed by atoms with van der Waals surface area (Å²) in [7, 11) is 1.72. The van der Waals surface area contributed by atoms with Crippen LogP contribution >= 0.6 is 0 Å². The first-order valence-electron chi connectivity index (χ1n) is 11.4. The number of nitrogens with zero attached hydrogens (tertiary/aromatic N) is 4. The molecular formula is C26H29N5O3. The molecule has 0 fully saturated rings. The lowest BCUT2D eigenvalue weighted by Gasteiger charge is -2.09. The Morgan fingerprint density at radius 2 is 1.76 bits per heavy atom. The minimum atomic E-state index is -0.222. The molecule has 4 rings (SSSR count). The van der Waals surface area contributed by atoms with Gasteiger partial charge in [0, 0.05) is 26.4 Å². The topological polar surface area (TPSA) is 91.0 Å². The van der Waals surface area contributed by atoms with Crippen molar-refractivity contribution < 1.29 is 9.53 Å². The molecule has 0 bridgehead atoms. The molecule has 0 spiro atoms. The molecule has 0 aliphatic rings. The van der Waals surface area contributed by atoms with Crippen LogP contribution in [0.1, 0.15) is 35.9 Å². The van der Waals surface area contributed by atoms with Crippen LogP contribution in [0, 0.1) is 13.8 Å². The van der Waals surface area contributed by atoms with Gasteiger partial charge in [0.2, 0.25) is 5.91 Å². The molecule has 0 unspecified atom stereocenters. The number of ether oxygens (including phenoxy) is 1. The molecule has 2 heterocycles. The van der Waals surface area contributed by atoms with E-state index in [0.29, 0.717) is 30.0 Å². The zero-order chi connectivity index (χ0) is 24.2. The van der Waals surface area contributed by atoms with Crippen molar-refractivity contribution in [2.24, 2.45) is 7.05 Å². The molecular weight excluding hydrogens is 430 g/mol. The quantitative estimate of drug-likeness (QED) is 0.436. The summed E-state index contributed by atoms with van der Waals surface area (Å²) in [6, 6.07) is 15.5. The van der Waals surface area contributed by atoms with Crippen molar-refractivity contribution in [3.63, 3.8) is 0 Å². The van der Waals surface area contributed by atoms with Crippen LogP contribution in [0.5, 0.6) is 5.75 Å². The number of carbonyl (C=O) groups is 1. The van der Waals surface area contributed by atoms with E-state index in [1.165, 1.54) is 0 Å². The van der Waals surface area contributed by atoms with Gasteiger partial charge in [-0.1, -0.05) is 29.8 Å². The number of nitrogens with one attached hydrogen (secondary N) is 1. The van der Waals surface area contributed by atoms with Crippen molar-refractivity contribution in [1.29, 1.82) is 0 Å². The maximum atomic E-state index is 13.0. The summed E-state index contributed by atoms with van der Waals surface area (Å²) in [5.41, 5.74) is 5.15. The van der Waals surface area contributed by atoms with Crippen molar-refractivity contribution >= 4 is 17.1 Å². The van der Waals surface area contributed by atoms with E-state index in [-0.39, 0.29) is 24.3 Å². The Morgan fingerprint density at radius 1 is 1.06 bits per heavy atom. The maximum Gasteiger partial charge on any atom is 0.273 e. The molecule has 8 heteroatoms. The lowest BCUT2D eigenvalue weighted by molar-refractivity contribution is -0.121. The molecule has 0 aliphatic heterocycles. The summed E-state index contributed by atoms with van der Waals surface area (Å²) in [5, 5.41) is 7.52. The third kappa shape index (κ3) is 4.85. The summed E-state index contributed by atoms with van der Waals surface area (Å²) < 4.78 is 8.74. The highest BCUT2D eigenvalue weighted by Crippen LogP contribution is 2.20. The highest BCUT2D eigenvalue weighted by molar-refractivity contribution is 5.77. The molecule has 2 aromatic heterocycles. The van der Waals surface area contributed by atoms with Crippen molar-refractivity contribution in [3.8, 4) is 11.4 Å². The summed E-state index contributed by atoms with van der Waals surface area (Å²) in [6.07, 6.45) is 0.433. The predicted molar refractivity (Wildman–Crippen MR) is 131 cm³/mol. The average Bonchev–Trinajstić information content (AvgIpc) is 3.17. The largest absolute Gasteiger partial charge is 0.494 e. The average molecular weight is 460 g/mol. The van der Waals surface area contributed by atoms with Gasteiger partial charge in [0.05, 0.1) is 18.0 Å². The fourth-order valence-corrected chi connectivity index (χ4v) is 3.83. The van der Waals surface area contributed by atoms with Gasteiger partial charge in [0.25, 0.3) is 5.56 Å². The zero-order valence-electron chi connectivity index (χ0n) is 20.0. The third-order valence-corrected chi connectivity index (χ3v) is 5.71. The van der Waals surface area contributed by atoms with Crippen molar-refractivity contribution in [2.45, 2.75) is 40.2 Å². The number of benzene rings is 2. The fraction of sp³-hybridized carbons (Fsp3) is 0.308. The molecule has 4 aromatic rings. The first-order valence-corrected chi connectivity index (χ1v) is 11.4. The third-order valence-electron chi connectivity index (χ3n) is 5.71. The van der Waals surface area contributed by atoms with Gasteiger partial charge in [-0.2, -0.15) is 5.10 Å². The minimum Gasteiger partial charge on any atom is -0.494 e. The van der Waals surface area contributed by atoms with Gasteiger partial charge in [-0.25, -0.2) is 9.67 Å². The highest BCUT2D eigenvalue weighted by Gasteiger charge is 2.18. The molecule has 0 saturated carbocycles. The summed E-state index contributed by atoms with van der Waals surface area (Å²) >= 11 is 0. The number of hydrogen-bond donors (Lipinski definition) is 1. The Morgan fingerprint density at radius 3 is 2.44 bits per heavy atom. The summed E-state index contributed by atoms with van der Waals surface area (Å²) in [4.78, 5) is 30.0. The Kier molecular flexibility index (Phi) is 6.77. The first kappa shape index (κ1) is 23.2. The zero-order valence-corrected chi connectivity index (χ0v) is 20.0. The van der Waals surface area contributed by atoms with Crippen molar-refractivity contribution in [3.05, 3.63) is 81.4 Å². The molecule has 34 heavy (non-hydrogen) atoms. The molecule has 0 saturated heterocycles. The monoisotopic (exact) mass is 459 g/mol. The molecule has 0 aliphatic carbocycles. The lowest BCUT2D eigenvalue weighted by Crippen LogP contribution is -2.27. The van der Waals surface area contributed by atoms with Gasteiger partial charge < -0.3 is 10.1 Å². The van der Waals surface area contributed by atoms with Crippen LogP contribution in [0.2, 0.25) is 0 Å². The number of aryl methyl sites for hydroxylation is 4. The van der Waals surface area contributed by atoms with E-state index in [4.69, 9.17) is 4.74 Å². The van der Waals surface area contributed by atoms with Crippen LogP contribution in [0.25, 0.3) is 16.9 Å².